The molecular formula is C21H20N4O3S. The molecule has 0 radical (unpaired) electrons. The van der Waals surface area contributed by atoms with Crippen LogP contribution in [-0.4, -0.2) is 52.1 Å². The van der Waals surface area contributed by atoms with Crippen molar-refractivity contribution in [3.05, 3.63) is 48.3 Å². The van der Waals surface area contributed by atoms with E-state index >= 15 is 0 Å². The third kappa shape index (κ3) is 3.51. The van der Waals surface area contributed by atoms with Crippen molar-refractivity contribution in [2.45, 2.75) is 18.9 Å². The second-order valence-corrected chi connectivity index (χ2v) is 8.05. The van der Waals surface area contributed by atoms with E-state index < -0.39 is 0 Å². The van der Waals surface area contributed by atoms with Crippen molar-refractivity contribution in [1.29, 1.82) is 0 Å². The average Bonchev–Trinajstić information content (AvgIpc) is 3.38. The number of aromatic amines is 1. The summed E-state index contributed by atoms with van der Waals surface area (Å²) in [4.78, 5) is 26.5. The number of carbonyl (C=O) groups excluding carboxylic acids is 1. The zero-order valence-electron chi connectivity index (χ0n) is 15.9. The highest BCUT2D eigenvalue weighted by Gasteiger charge is 2.25. The molecule has 2 aromatic heterocycles. The number of benzene rings is 2. The fourth-order valence-electron chi connectivity index (χ4n) is 3.63. The first-order valence-corrected chi connectivity index (χ1v) is 10.3. The molecule has 0 spiro atoms. The average molecular weight is 408 g/mol. The lowest BCUT2D eigenvalue weighted by Crippen LogP contribution is -2.41. The predicted molar refractivity (Wildman–Crippen MR) is 112 cm³/mol. The third-order valence-electron chi connectivity index (χ3n) is 5.24. The molecule has 0 saturated carbocycles. The van der Waals surface area contributed by atoms with Crippen LogP contribution in [0, 0.1) is 0 Å². The Balaban J connectivity index is 1.22. The fraction of sp³-hybridized carbons (Fsp3) is 0.286. The summed E-state index contributed by atoms with van der Waals surface area (Å²) in [6.07, 6.45) is 3.28. The number of carbonyl (C=O) groups is 1. The molecule has 4 aromatic rings. The van der Waals surface area contributed by atoms with Gasteiger partial charge in [-0.3, -0.25) is 4.79 Å². The van der Waals surface area contributed by atoms with E-state index in [9.17, 15) is 4.79 Å². The molecule has 148 valence electrons. The van der Waals surface area contributed by atoms with Gasteiger partial charge in [0.05, 0.1) is 34.7 Å². The number of H-pyrrole nitrogens is 1. The SMILES string of the molecule is COc1ccc2sc(OC3CCN(C(=O)c4ccc5nc[nH]c5c4)CC3)nc2c1. The van der Waals surface area contributed by atoms with Gasteiger partial charge in [0.25, 0.3) is 11.1 Å². The molecule has 0 bridgehead atoms. The largest absolute Gasteiger partial charge is 0.497 e. The Labute approximate surface area is 171 Å². The van der Waals surface area contributed by atoms with Gasteiger partial charge in [0.2, 0.25) is 0 Å². The van der Waals surface area contributed by atoms with Crippen molar-refractivity contribution in [3.63, 3.8) is 0 Å². The summed E-state index contributed by atoms with van der Waals surface area (Å²) in [7, 11) is 1.65. The van der Waals surface area contributed by atoms with Crippen molar-refractivity contribution < 1.29 is 14.3 Å². The number of ether oxygens (including phenoxy) is 2. The molecule has 1 aliphatic rings. The number of fused-ring (bicyclic) bond motifs is 2. The number of nitrogens with zero attached hydrogens (tertiary/aromatic N) is 3. The zero-order valence-corrected chi connectivity index (χ0v) is 16.7. The van der Waals surface area contributed by atoms with Gasteiger partial charge in [0.15, 0.2) is 0 Å². The Morgan fingerprint density at radius 2 is 2.03 bits per heavy atom. The van der Waals surface area contributed by atoms with Crippen LogP contribution in [0.4, 0.5) is 0 Å². The molecule has 1 fully saturated rings. The number of aromatic nitrogens is 3. The quantitative estimate of drug-likeness (QED) is 0.555. The molecule has 7 nitrogen and oxygen atoms in total. The standard InChI is InChI=1S/C21H20N4O3S/c1-27-15-3-5-19-18(11-15)24-21(29-19)28-14-6-8-25(9-7-14)20(26)13-2-4-16-17(10-13)23-12-22-16/h2-5,10-12,14H,6-9H2,1H3,(H,22,23). The van der Waals surface area contributed by atoms with Crippen LogP contribution < -0.4 is 9.47 Å². The minimum absolute atomic E-state index is 0.0482. The Morgan fingerprint density at radius 3 is 2.86 bits per heavy atom. The van der Waals surface area contributed by atoms with Gasteiger partial charge in [-0.2, -0.15) is 0 Å². The van der Waals surface area contributed by atoms with Crippen molar-refractivity contribution in [3.8, 4) is 10.9 Å². The highest BCUT2D eigenvalue weighted by Crippen LogP contribution is 2.32. The van der Waals surface area contributed by atoms with E-state index in [0.717, 1.165) is 39.8 Å². The van der Waals surface area contributed by atoms with Crippen LogP contribution in [-0.2, 0) is 0 Å². The molecule has 3 heterocycles. The number of likely N-dealkylation sites (tertiary alicyclic amines) is 1. The number of hydrogen-bond donors (Lipinski definition) is 1. The minimum Gasteiger partial charge on any atom is -0.497 e. The number of amides is 1. The highest BCUT2D eigenvalue weighted by atomic mass is 32.1. The summed E-state index contributed by atoms with van der Waals surface area (Å²) < 4.78 is 12.4. The second-order valence-electron chi connectivity index (χ2n) is 7.06. The number of piperidine rings is 1. The Kier molecular flexibility index (Phi) is 4.55. The summed E-state index contributed by atoms with van der Waals surface area (Å²) in [6, 6.07) is 11.4. The van der Waals surface area contributed by atoms with Crippen LogP contribution in [0.3, 0.4) is 0 Å². The topological polar surface area (TPSA) is 80.3 Å². The van der Waals surface area contributed by atoms with E-state index in [4.69, 9.17) is 9.47 Å². The van der Waals surface area contributed by atoms with Crippen LogP contribution in [0.1, 0.15) is 23.2 Å². The zero-order chi connectivity index (χ0) is 19.8. The first-order valence-electron chi connectivity index (χ1n) is 9.53. The number of imidazole rings is 1. The molecule has 1 N–H and O–H groups in total. The molecule has 0 atom stereocenters. The van der Waals surface area contributed by atoms with Crippen molar-refractivity contribution in [1.82, 2.24) is 19.9 Å². The molecule has 1 amide bonds. The molecule has 1 saturated heterocycles. The minimum atomic E-state index is 0.0482. The summed E-state index contributed by atoms with van der Waals surface area (Å²) >= 11 is 1.54. The van der Waals surface area contributed by atoms with E-state index in [0.29, 0.717) is 23.8 Å². The van der Waals surface area contributed by atoms with Crippen molar-refractivity contribution in [2.24, 2.45) is 0 Å². The number of hydrogen-bond acceptors (Lipinski definition) is 6. The van der Waals surface area contributed by atoms with Gasteiger partial charge in [0.1, 0.15) is 11.9 Å². The van der Waals surface area contributed by atoms with Crippen molar-refractivity contribution in [2.75, 3.05) is 20.2 Å². The van der Waals surface area contributed by atoms with Crippen LogP contribution >= 0.6 is 11.3 Å². The lowest BCUT2D eigenvalue weighted by molar-refractivity contribution is 0.0595. The van der Waals surface area contributed by atoms with Crippen LogP contribution in [0.25, 0.3) is 21.3 Å². The molecule has 5 rings (SSSR count). The van der Waals surface area contributed by atoms with Gasteiger partial charge < -0.3 is 19.4 Å². The van der Waals surface area contributed by atoms with Crippen LogP contribution in [0.5, 0.6) is 10.9 Å². The second kappa shape index (κ2) is 7.36. The first kappa shape index (κ1) is 17.9. The smallest absolute Gasteiger partial charge is 0.274 e. The molecule has 0 aliphatic carbocycles. The van der Waals surface area contributed by atoms with E-state index in [1.54, 1.807) is 13.4 Å². The van der Waals surface area contributed by atoms with Gasteiger partial charge in [0, 0.05) is 37.6 Å². The fourth-order valence-corrected chi connectivity index (χ4v) is 4.50. The Hall–Kier alpha value is -3.13. The lowest BCUT2D eigenvalue weighted by atomic mass is 10.1. The van der Waals surface area contributed by atoms with E-state index in [2.05, 4.69) is 15.0 Å². The summed E-state index contributed by atoms with van der Waals surface area (Å²) in [6.45, 7) is 1.34. The molecule has 8 heteroatoms. The number of methoxy groups -OCH3 is 1. The maximum absolute atomic E-state index is 12.8. The molecule has 29 heavy (non-hydrogen) atoms. The predicted octanol–water partition coefficient (Wildman–Crippen LogP) is 3.86. The number of nitrogens with one attached hydrogen (secondary N) is 1. The summed E-state index contributed by atoms with van der Waals surface area (Å²) in [5.41, 5.74) is 3.30. The lowest BCUT2D eigenvalue weighted by Gasteiger charge is -2.31. The molecular weight excluding hydrogens is 388 g/mol. The molecule has 1 aliphatic heterocycles. The van der Waals surface area contributed by atoms with Crippen molar-refractivity contribution >= 4 is 38.5 Å². The third-order valence-corrected chi connectivity index (χ3v) is 6.17. The maximum atomic E-state index is 12.8. The van der Waals surface area contributed by atoms with Crippen LogP contribution in [0.15, 0.2) is 42.7 Å². The molecule has 2 aromatic carbocycles. The van der Waals surface area contributed by atoms with Gasteiger partial charge in [-0.25, -0.2) is 9.97 Å². The Bertz CT molecular complexity index is 1180. The van der Waals surface area contributed by atoms with Gasteiger partial charge in [-0.05, 0) is 30.3 Å². The normalized spacial score (nSPS) is 15.1. The highest BCUT2D eigenvalue weighted by molar-refractivity contribution is 7.20. The molecule has 0 unspecified atom stereocenters. The van der Waals surface area contributed by atoms with E-state index in [-0.39, 0.29) is 12.0 Å². The Morgan fingerprint density at radius 1 is 1.17 bits per heavy atom. The first-order chi connectivity index (χ1) is 14.2. The monoisotopic (exact) mass is 408 g/mol. The maximum Gasteiger partial charge on any atom is 0.274 e. The van der Waals surface area contributed by atoms with E-state index in [1.807, 2.05) is 41.3 Å². The summed E-state index contributed by atoms with van der Waals surface area (Å²) in [5.74, 6) is 0.835. The van der Waals surface area contributed by atoms with Crippen LogP contribution in [0.2, 0.25) is 0 Å². The van der Waals surface area contributed by atoms with Gasteiger partial charge >= 0.3 is 0 Å². The number of thiazole rings is 1. The summed E-state index contributed by atoms with van der Waals surface area (Å²) in [5, 5.41) is 0.669. The van der Waals surface area contributed by atoms with E-state index in [1.165, 1.54) is 11.3 Å². The van der Waals surface area contributed by atoms with Gasteiger partial charge in [-0.1, -0.05) is 11.3 Å². The number of rotatable bonds is 4. The van der Waals surface area contributed by atoms with Gasteiger partial charge in [-0.15, -0.1) is 0 Å².